The number of carbonyl (C=O) groups is 1. The first kappa shape index (κ1) is 19.0. The summed E-state index contributed by atoms with van der Waals surface area (Å²) >= 11 is 0. The Labute approximate surface area is 166 Å². The lowest BCUT2D eigenvalue weighted by Crippen LogP contribution is -2.46. The minimum Gasteiger partial charge on any atom is -0.325 e. The molecule has 2 aliphatic rings. The second-order valence-corrected chi connectivity index (χ2v) is 9.13. The average molecular weight is 400 g/mol. The minimum absolute atomic E-state index is 0.0701. The number of likely N-dealkylation sites (tertiary alicyclic amines) is 1. The molecule has 2 aromatic carbocycles. The summed E-state index contributed by atoms with van der Waals surface area (Å²) in [5, 5.41) is 0. The smallest absolute Gasteiger partial charge is 0.321 e. The van der Waals surface area contributed by atoms with Gasteiger partial charge in [0.2, 0.25) is 10.0 Å². The van der Waals surface area contributed by atoms with E-state index in [1.54, 1.807) is 35.2 Å². The highest BCUT2D eigenvalue weighted by atomic mass is 32.2. The van der Waals surface area contributed by atoms with Crippen molar-refractivity contribution in [3.05, 3.63) is 66.2 Å². The van der Waals surface area contributed by atoms with Crippen LogP contribution < -0.4 is 0 Å². The van der Waals surface area contributed by atoms with Gasteiger partial charge in [0.25, 0.3) is 0 Å². The molecule has 2 aromatic rings. The molecule has 6 nitrogen and oxygen atoms in total. The summed E-state index contributed by atoms with van der Waals surface area (Å²) in [6.45, 7) is 2.15. The van der Waals surface area contributed by atoms with Crippen LogP contribution >= 0.6 is 0 Å². The van der Waals surface area contributed by atoms with E-state index in [0.717, 1.165) is 37.9 Å². The van der Waals surface area contributed by atoms with Crippen LogP contribution in [0.1, 0.15) is 31.0 Å². The van der Waals surface area contributed by atoms with Crippen molar-refractivity contribution < 1.29 is 13.2 Å². The van der Waals surface area contributed by atoms with Crippen LogP contribution in [0.25, 0.3) is 0 Å². The molecule has 2 fully saturated rings. The minimum atomic E-state index is -3.71. The van der Waals surface area contributed by atoms with E-state index in [1.165, 1.54) is 4.31 Å². The lowest BCUT2D eigenvalue weighted by Gasteiger charge is -2.35. The maximum Gasteiger partial charge on any atom is 0.321 e. The molecule has 0 saturated carbocycles. The fourth-order valence-corrected chi connectivity index (χ4v) is 5.62. The normalized spacial score (nSPS) is 21.1. The number of hydrogen-bond donors (Lipinski definition) is 0. The van der Waals surface area contributed by atoms with Crippen LogP contribution in [0.3, 0.4) is 0 Å². The van der Waals surface area contributed by atoms with Crippen LogP contribution in [-0.4, -0.2) is 54.7 Å². The molecule has 2 amide bonds. The monoisotopic (exact) mass is 399 g/mol. The van der Waals surface area contributed by atoms with Crippen molar-refractivity contribution in [3.63, 3.8) is 0 Å². The van der Waals surface area contributed by atoms with Gasteiger partial charge in [0.05, 0.1) is 4.90 Å². The molecule has 0 N–H and O–H groups in total. The zero-order valence-corrected chi connectivity index (χ0v) is 16.6. The second-order valence-electron chi connectivity index (χ2n) is 7.24. The molecule has 0 aromatic heterocycles. The molecule has 0 radical (unpaired) electrons. The lowest BCUT2D eigenvalue weighted by molar-refractivity contribution is 0.127. The molecule has 28 heavy (non-hydrogen) atoms. The number of sulfonamides is 1. The molecule has 0 bridgehead atoms. The van der Waals surface area contributed by atoms with E-state index in [1.807, 2.05) is 35.2 Å². The summed E-state index contributed by atoms with van der Waals surface area (Å²) in [6, 6.07) is 17.8. The van der Waals surface area contributed by atoms with Crippen molar-refractivity contribution in [2.24, 2.45) is 0 Å². The Balaban J connectivity index is 1.70. The number of benzene rings is 2. The number of urea groups is 1. The van der Waals surface area contributed by atoms with Crippen molar-refractivity contribution in [3.8, 4) is 0 Å². The van der Waals surface area contributed by atoms with Gasteiger partial charge in [-0.25, -0.2) is 13.2 Å². The highest BCUT2D eigenvalue weighted by Crippen LogP contribution is 2.35. The number of nitrogens with zero attached hydrogens (tertiary/aromatic N) is 3. The molecule has 7 heteroatoms. The molecular formula is C21H25N3O3S. The molecular weight excluding hydrogens is 374 g/mol. The molecule has 2 saturated heterocycles. The predicted octanol–water partition coefficient (Wildman–Crippen LogP) is 3.30. The third-order valence-corrected chi connectivity index (χ3v) is 7.32. The number of carbonyl (C=O) groups excluding carboxylic acids is 1. The number of rotatable bonds is 3. The summed E-state index contributed by atoms with van der Waals surface area (Å²) in [5.41, 5.74) is 0.810. The molecule has 4 rings (SSSR count). The topological polar surface area (TPSA) is 60.9 Å². The van der Waals surface area contributed by atoms with E-state index in [2.05, 4.69) is 0 Å². The van der Waals surface area contributed by atoms with Gasteiger partial charge in [-0.2, -0.15) is 4.31 Å². The van der Waals surface area contributed by atoms with E-state index in [4.69, 9.17) is 0 Å². The fourth-order valence-electron chi connectivity index (χ4n) is 4.02. The van der Waals surface area contributed by atoms with Crippen LogP contribution in [0.15, 0.2) is 65.6 Å². The highest BCUT2D eigenvalue weighted by molar-refractivity contribution is 7.89. The van der Waals surface area contributed by atoms with Gasteiger partial charge in [0.1, 0.15) is 6.17 Å². The van der Waals surface area contributed by atoms with Crippen molar-refractivity contribution in [2.75, 3.05) is 26.2 Å². The first-order chi connectivity index (χ1) is 13.6. The molecule has 1 atom stereocenters. The summed E-state index contributed by atoms with van der Waals surface area (Å²) in [4.78, 5) is 17.0. The Hall–Kier alpha value is -2.38. The van der Waals surface area contributed by atoms with Gasteiger partial charge >= 0.3 is 6.03 Å². The van der Waals surface area contributed by atoms with Gasteiger partial charge in [-0.15, -0.1) is 0 Å². The average Bonchev–Trinajstić information content (AvgIpc) is 3.21. The van der Waals surface area contributed by atoms with Crippen molar-refractivity contribution in [1.82, 2.24) is 14.1 Å². The number of piperidine rings is 1. The predicted molar refractivity (Wildman–Crippen MR) is 107 cm³/mol. The standard InChI is InChI=1S/C21H25N3O3S/c25-21(22-14-8-3-9-15-22)23-16-17-24(20(23)18-10-4-1-5-11-18)28(26,27)19-12-6-2-7-13-19/h1-2,4-7,10-13,20H,3,8-9,14-17H2. The van der Waals surface area contributed by atoms with Crippen LogP contribution in [0.5, 0.6) is 0 Å². The largest absolute Gasteiger partial charge is 0.325 e. The quantitative estimate of drug-likeness (QED) is 0.796. The zero-order valence-electron chi connectivity index (χ0n) is 15.8. The van der Waals surface area contributed by atoms with Gasteiger partial charge in [0, 0.05) is 26.2 Å². The van der Waals surface area contributed by atoms with Gasteiger partial charge in [-0.05, 0) is 37.0 Å². The molecule has 0 aliphatic carbocycles. The Morgan fingerprint density at radius 2 is 1.39 bits per heavy atom. The van der Waals surface area contributed by atoms with E-state index < -0.39 is 16.2 Å². The maximum atomic E-state index is 13.3. The van der Waals surface area contributed by atoms with E-state index >= 15 is 0 Å². The molecule has 2 heterocycles. The second kappa shape index (κ2) is 7.93. The Bertz CT molecular complexity index is 912. The summed E-state index contributed by atoms with van der Waals surface area (Å²) in [6.07, 6.45) is 2.52. The highest BCUT2D eigenvalue weighted by Gasteiger charge is 2.44. The summed E-state index contributed by atoms with van der Waals surface area (Å²) in [5.74, 6) is 0. The molecule has 0 spiro atoms. The third-order valence-electron chi connectivity index (χ3n) is 5.45. The van der Waals surface area contributed by atoms with Crippen molar-refractivity contribution in [2.45, 2.75) is 30.3 Å². The number of amides is 2. The maximum absolute atomic E-state index is 13.3. The van der Waals surface area contributed by atoms with Gasteiger partial charge in [-0.1, -0.05) is 48.5 Å². The Kier molecular flexibility index (Phi) is 5.37. The zero-order chi connectivity index (χ0) is 19.6. The first-order valence-electron chi connectivity index (χ1n) is 9.76. The molecule has 2 aliphatic heterocycles. The van der Waals surface area contributed by atoms with Crippen molar-refractivity contribution >= 4 is 16.1 Å². The Morgan fingerprint density at radius 1 is 0.786 bits per heavy atom. The third kappa shape index (κ3) is 3.52. The van der Waals surface area contributed by atoms with Gasteiger partial charge in [0.15, 0.2) is 0 Å². The SMILES string of the molecule is O=C(N1CCCCC1)N1CCN(S(=O)(=O)c2ccccc2)C1c1ccccc1. The first-order valence-corrected chi connectivity index (χ1v) is 11.2. The number of hydrogen-bond acceptors (Lipinski definition) is 3. The van der Waals surface area contributed by atoms with Crippen LogP contribution in [0.2, 0.25) is 0 Å². The molecule has 148 valence electrons. The van der Waals surface area contributed by atoms with Gasteiger partial charge < -0.3 is 9.80 Å². The fraction of sp³-hybridized carbons (Fsp3) is 0.381. The van der Waals surface area contributed by atoms with Crippen LogP contribution in [0.4, 0.5) is 4.79 Å². The van der Waals surface area contributed by atoms with Gasteiger partial charge in [-0.3, -0.25) is 0 Å². The lowest BCUT2D eigenvalue weighted by atomic mass is 10.1. The van der Waals surface area contributed by atoms with E-state index in [9.17, 15) is 13.2 Å². The van der Waals surface area contributed by atoms with Crippen LogP contribution in [-0.2, 0) is 10.0 Å². The summed E-state index contributed by atoms with van der Waals surface area (Å²) < 4.78 is 28.1. The molecule has 1 unspecified atom stereocenters. The van der Waals surface area contributed by atoms with E-state index in [-0.39, 0.29) is 17.5 Å². The van der Waals surface area contributed by atoms with E-state index in [0.29, 0.717) is 6.54 Å². The Morgan fingerprint density at radius 3 is 2.04 bits per heavy atom. The summed E-state index contributed by atoms with van der Waals surface area (Å²) in [7, 11) is -3.71. The van der Waals surface area contributed by atoms with Crippen LogP contribution in [0, 0.1) is 0 Å². The van der Waals surface area contributed by atoms with Crippen molar-refractivity contribution in [1.29, 1.82) is 0 Å².